The van der Waals surface area contributed by atoms with Crippen molar-refractivity contribution in [3.05, 3.63) is 23.5 Å². The molecule has 1 rings (SSSR count). The van der Waals surface area contributed by atoms with E-state index in [0.717, 1.165) is 0 Å². The minimum Gasteiger partial charge on any atom is -0.497 e. The number of hydrogen-bond acceptors (Lipinski definition) is 4. The first-order chi connectivity index (χ1) is 7.52. The van der Waals surface area contributed by atoms with E-state index >= 15 is 0 Å². The molecule has 1 aromatic rings. The normalized spacial score (nSPS) is 8.94. The van der Waals surface area contributed by atoms with Crippen LogP contribution in [0.25, 0.3) is 0 Å². The molecule has 0 radical (unpaired) electrons. The molecule has 0 unspecified atom stereocenters. The molecule has 0 spiro atoms. The van der Waals surface area contributed by atoms with Crippen molar-refractivity contribution in [3.63, 3.8) is 0 Å². The maximum Gasteiger partial charge on any atom is 0.202 e. The number of hydrogen-bond donors (Lipinski definition) is 0. The van der Waals surface area contributed by atoms with Crippen LogP contribution in [0.1, 0.15) is 30.0 Å². The smallest absolute Gasteiger partial charge is 0.202 e. The summed E-state index contributed by atoms with van der Waals surface area (Å²) in [6.07, 6.45) is 0. The van der Waals surface area contributed by atoms with Crippen LogP contribution in [0.3, 0.4) is 0 Å². The van der Waals surface area contributed by atoms with Gasteiger partial charge in [0.15, 0.2) is 5.78 Å². The summed E-state index contributed by atoms with van der Waals surface area (Å²) in [5, 5.41) is 0. The molecule has 0 saturated heterocycles. The molecule has 82 valence electrons. The van der Waals surface area contributed by atoms with E-state index in [1.165, 1.54) is 27.0 Å². The Kier molecular flexibility index (Phi) is 3.78. The van der Waals surface area contributed by atoms with E-state index in [1.54, 1.807) is 6.07 Å². The highest BCUT2D eigenvalue weighted by Crippen LogP contribution is 2.13. The fourth-order valence-electron chi connectivity index (χ4n) is 1.02. The van der Waals surface area contributed by atoms with E-state index in [9.17, 15) is 9.59 Å². The molecule has 0 aliphatic carbocycles. The molecular formula is C12H11NO3. The van der Waals surface area contributed by atoms with Gasteiger partial charge in [-0.1, -0.05) is 0 Å². The quantitative estimate of drug-likeness (QED) is 0.552. The van der Waals surface area contributed by atoms with Crippen LogP contribution in [0.2, 0.25) is 0 Å². The first kappa shape index (κ1) is 11.9. The third-order valence-electron chi connectivity index (χ3n) is 1.76. The lowest BCUT2D eigenvalue weighted by molar-refractivity contribution is -0.111. The number of carbonyl (C=O) groups is 2. The molecule has 0 aliphatic heterocycles. The molecule has 0 N–H and O–H groups in total. The highest BCUT2D eigenvalue weighted by Gasteiger charge is 2.05. The topological polar surface area (TPSA) is 56.3 Å². The molecule has 1 aromatic heterocycles. The fraction of sp³-hybridized carbons (Fsp3) is 0.250. The number of Topliss-reactive ketones (excluding diaryl/α,β-unsaturated/α-hetero) is 2. The van der Waals surface area contributed by atoms with Crippen LogP contribution in [-0.2, 0) is 4.79 Å². The summed E-state index contributed by atoms with van der Waals surface area (Å²) in [7, 11) is 1.49. The minimum absolute atomic E-state index is 0.176. The van der Waals surface area contributed by atoms with E-state index in [2.05, 4.69) is 16.8 Å². The van der Waals surface area contributed by atoms with Crippen LogP contribution in [0.4, 0.5) is 0 Å². The van der Waals surface area contributed by atoms with E-state index in [1.807, 2.05) is 0 Å². The van der Waals surface area contributed by atoms with Crippen molar-refractivity contribution >= 4 is 11.6 Å². The monoisotopic (exact) mass is 217 g/mol. The van der Waals surface area contributed by atoms with Crippen LogP contribution in [0.15, 0.2) is 12.1 Å². The first-order valence-electron chi connectivity index (χ1n) is 4.62. The van der Waals surface area contributed by atoms with Crippen LogP contribution < -0.4 is 4.74 Å². The number of ketones is 2. The highest BCUT2D eigenvalue weighted by molar-refractivity contribution is 5.94. The third-order valence-corrected chi connectivity index (χ3v) is 1.76. The predicted molar refractivity (Wildman–Crippen MR) is 58.4 cm³/mol. The van der Waals surface area contributed by atoms with Crippen molar-refractivity contribution in [2.24, 2.45) is 0 Å². The fourth-order valence-corrected chi connectivity index (χ4v) is 1.02. The van der Waals surface area contributed by atoms with Gasteiger partial charge in [0.25, 0.3) is 0 Å². The zero-order valence-electron chi connectivity index (χ0n) is 9.33. The van der Waals surface area contributed by atoms with Crippen LogP contribution in [0, 0.1) is 11.8 Å². The largest absolute Gasteiger partial charge is 0.497 e. The zero-order valence-corrected chi connectivity index (χ0v) is 9.33. The number of aromatic nitrogens is 1. The summed E-state index contributed by atoms with van der Waals surface area (Å²) in [5.74, 6) is 4.99. The number of rotatable bonds is 2. The van der Waals surface area contributed by atoms with E-state index in [-0.39, 0.29) is 17.3 Å². The second-order valence-electron chi connectivity index (χ2n) is 3.14. The summed E-state index contributed by atoms with van der Waals surface area (Å²) in [6, 6.07) is 3.10. The van der Waals surface area contributed by atoms with Gasteiger partial charge in [0, 0.05) is 26.0 Å². The van der Waals surface area contributed by atoms with Gasteiger partial charge in [0.2, 0.25) is 5.78 Å². The number of ether oxygens (including phenoxy) is 1. The van der Waals surface area contributed by atoms with Gasteiger partial charge < -0.3 is 4.74 Å². The van der Waals surface area contributed by atoms with Crippen molar-refractivity contribution in [1.82, 2.24) is 4.98 Å². The molecule has 0 bridgehead atoms. The van der Waals surface area contributed by atoms with Gasteiger partial charge >= 0.3 is 0 Å². The Morgan fingerprint density at radius 3 is 2.50 bits per heavy atom. The lowest BCUT2D eigenvalue weighted by Crippen LogP contribution is -2.00. The maximum absolute atomic E-state index is 11.2. The standard InChI is InChI=1S/C12H11NO3/c1-8(14)4-5-10-6-11(16-3)7-12(13-10)9(2)15/h6-7H,1-3H3. The maximum atomic E-state index is 11.2. The molecule has 16 heavy (non-hydrogen) atoms. The Morgan fingerprint density at radius 1 is 1.31 bits per heavy atom. The molecule has 0 saturated carbocycles. The summed E-state index contributed by atoms with van der Waals surface area (Å²) >= 11 is 0. The van der Waals surface area contributed by atoms with E-state index < -0.39 is 0 Å². The average Bonchev–Trinajstić information content (AvgIpc) is 2.25. The van der Waals surface area contributed by atoms with Gasteiger partial charge in [-0.25, -0.2) is 4.98 Å². The summed E-state index contributed by atoms with van der Waals surface area (Å²) in [6.45, 7) is 2.77. The molecule has 4 heteroatoms. The molecule has 0 aromatic carbocycles. The Hall–Kier alpha value is -2.15. The van der Waals surface area contributed by atoms with Crippen molar-refractivity contribution in [3.8, 4) is 17.6 Å². The number of pyridine rings is 1. The zero-order chi connectivity index (χ0) is 12.1. The van der Waals surface area contributed by atoms with Crippen molar-refractivity contribution in [1.29, 1.82) is 0 Å². The molecule has 0 atom stereocenters. The average molecular weight is 217 g/mol. The summed E-state index contributed by atoms with van der Waals surface area (Å²) in [5.41, 5.74) is 0.618. The van der Waals surface area contributed by atoms with Gasteiger partial charge in [0.05, 0.1) is 7.11 Å². The summed E-state index contributed by atoms with van der Waals surface area (Å²) < 4.78 is 5.01. The molecule has 4 nitrogen and oxygen atoms in total. The molecule has 1 heterocycles. The first-order valence-corrected chi connectivity index (χ1v) is 4.62. The second-order valence-corrected chi connectivity index (χ2v) is 3.14. The SMILES string of the molecule is COc1cc(C#CC(C)=O)nc(C(C)=O)c1. The Balaban J connectivity index is 3.20. The number of nitrogens with zero attached hydrogens (tertiary/aromatic N) is 1. The van der Waals surface area contributed by atoms with E-state index in [4.69, 9.17) is 4.74 Å². The second kappa shape index (κ2) is 5.08. The van der Waals surface area contributed by atoms with Crippen molar-refractivity contribution in [2.45, 2.75) is 13.8 Å². The lowest BCUT2D eigenvalue weighted by Gasteiger charge is -2.02. The van der Waals surface area contributed by atoms with Crippen molar-refractivity contribution in [2.75, 3.05) is 7.11 Å². The number of carbonyl (C=O) groups excluding carboxylic acids is 2. The minimum atomic E-state index is -0.256. The Bertz CT molecular complexity index is 495. The van der Waals surface area contributed by atoms with Crippen LogP contribution >= 0.6 is 0 Å². The molecular weight excluding hydrogens is 206 g/mol. The van der Waals surface area contributed by atoms with Gasteiger partial charge in [-0.3, -0.25) is 9.59 Å². The highest BCUT2D eigenvalue weighted by atomic mass is 16.5. The van der Waals surface area contributed by atoms with Gasteiger partial charge in [-0.15, -0.1) is 0 Å². The Morgan fingerprint density at radius 2 is 2.00 bits per heavy atom. The van der Waals surface area contributed by atoms with Crippen LogP contribution in [-0.4, -0.2) is 23.7 Å². The predicted octanol–water partition coefficient (Wildman–Crippen LogP) is 1.23. The van der Waals surface area contributed by atoms with Crippen LogP contribution in [0.5, 0.6) is 5.75 Å². The summed E-state index contributed by atoms with van der Waals surface area (Å²) in [4.78, 5) is 25.9. The third kappa shape index (κ3) is 3.21. The molecule has 0 amide bonds. The van der Waals surface area contributed by atoms with E-state index in [0.29, 0.717) is 11.4 Å². The van der Waals surface area contributed by atoms with Crippen molar-refractivity contribution < 1.29 is 14.3 Å². The Labute approximate surface area is 93.6 Å². The van der Waals surface area contributed by atoms with Gasteiger partial charge in [-0.05, 0) is 11.8 Å². The molecule has 0 fully saturated rings. The number of methoxy groups -OCH3 is 1. The lowest BCUT2D eigenvalue weighted by atomic mass is 10.2. The van der Waals surface area contributed by atoms with Gasteiger partial charge in [-0.2, -0.15) is 0 Å². The van der Waals surface area contributed by atoms with Gasteiger partial charge in [0.1, 0.15) is 17.1 Å². The molecule has 0 aliphatic rings.